The number of methoxy groups -OCH3 is 2. The second kappa shape index (κ2) is 18.1. The number of benzene rings is 3. The van der Waals surface area contributed by atoms with E-state index in [0.717, 1.165) is 11.1 Å². The summed E-state index contributed by atoms with van der Waals surface area (Å²) in [5, 5.41) is 5.21. The largest absolute Gasteiger partial charge is 0.453 e. The maximum Gasteiger partial charge on any atom is 0.407 e. The molecule has 0 spiro atoms. The summed E-state index contributed by atoms with van der Waals surface area (Å²) in [6, 6.07) is 20.4. The minimum Gasteiger partial charge on any atom is -0.453 e. The Morgan fingerprint density at radius 3 is 1.44 bits per heavy atom. The molecule has 15 nitrogen and oxygen atoms in total. The van der Waals surface area contributed by atoms with E-state index in [0.29, 0.717) is 40.9 Å². The SMILES string of the molecule is COC(=O)N[C@H](C(=O)N1CCC[C@@]1(C(N)=O)c1ccc(-c2ccn(-c3ccc(F)cc3)c2-c2ccc([C@]3(C(N)=O)CCCN3C(=O)[C@@H](NC(=O)OC)C(C)C)cc2)cc1)C(C)C. The van der Waals surface area contributed by atoms with Gasteiger partial charge in [0.25, 0.3) is 0 Å². The van der Waals surface area contributed by atoms with E-state index in [9.17, 15) is 33.2 Å². The summed E-state index contributed by atoms with van der Waals surface area (Å²) in [6.07, 6.45) is 1.87. The molecule has 4 aromatic rings. The van der Waals surface area contributed by atoms with Crippen LogP contribution in [-0.2, 0) is 39.7 Å². The first-order valence-electron chi connectivity index (χ1n) is 20.6. The van der Waals surface area contributed by atoms with Crippen LogP contribution < -0.4 is 22.1 Å². The Hall–Kier alpha value is -6.71. The van der Waals surface area contributed by atoms with Crippen molar-refractivity contribution in [1.82, 2.24) is 25.0 Å². The Morgan fingerprint density at radius 2 is 1.05 bits per heavy atom. The summed E-state index contributed by atoms with van der Waals surface area (Å²) in [5.74, 6) is -3.36. The van der Waals surface area contributed by atoms with E-state index in [1.54, 1.807) is 64.1 Å². The molecule has 3 aromatic carbocycles. The Balaban J connectivity index is 1.41. The number of likely N-dealkylation sites (tertiary alicyclic amines) is 2. The predicted octanol–water partition coefficient (Wildman–Crippen LogP) is 5.32. The van der Waals surface area contributed by atoms with Gasteiger partial charge in [-0.15, -0.1) is 0 Å². The minimum atomic E-state index is -1.49. The van der Waals surface area contributed by atoms with E-state index < -0.39 is 64.8 Å². The molecule has 6 N–H and O–H groups in total. The average Bonchev–Trinajstić information content (AvgIpc) is 4.03. The summed E-state index contributed by atoms with van der Waals surface area (Å²) in [6.45, 7) is 7.64. The van der Waals surface area contributed by atoms with Crippen molar-refractivity contribution in [3.8, 4) is 28.1 Å². The van der Waals surface area contributed by atoms with Crippen LogP contribution in [-0.4, -0.2) is 89.6 Å². The Morgan fingerprint density at radius 1 is 0.629 bits per heavy atom. The monoisotopic (exact) mass is 851 g/mol. The van der Waals surface area contributed by atoms with Gasteiger partial charge in [0.1, 0.15) is 29.0 Å². The first-order chi connectivity index (χ1) is 29.5. The molecule has 2 aliphatic heterocycles. The zero-order valence-corrected chi connectivity index (χ0v) is 35.8. The fourth-order valence-electron chi connectivity index (χ4n) is 8.97. The smallest absolute Gasteiger partial charge is 0.407 e. The first-order valence-corrected chi connectivity index (χ1v) is 20.6. The zero-order chi connectivity index (χ0) is 45.1. The molecule has 2 fully saturated rings. The molecule has 4 atom stereocenters. The maximum absolute atomic E-state index is 14.2. The molecule has 1 aromatic heterocycles. The quantitative estimate of drug-likeness (QED) is 0.138. The highest BCUT2D eigenvalue weighted by Gasteiger charge is 2.53. The highest BCUT2D eigenvalue weighted by molar-refractivity contribution is 5.96. The van der Waals surface area contributed by atoms with Crippen molar-refractivity contribution in [1.29, 1.82) is 0 Å². The van der Waals surface area contributed by atoms with Gasteiger partial charge >= 0.3 is 12.2 Å². The zero-order valence-electron chi connectivity index (χ0n) is 35.8. The molecule has 62 heavy (non-hydrogen) atoms. The standard InChI is InChI=1S/C46H54FN7O8/c1-27(2)36(50-43(59)61-5)39(55)53-24-7-22-45(53,41(48)57)31-13-9-29(10-14-31)35-21-26-52(34-19-17-33(47)18-20-34)38(35)30-11-15-32(16-12-30)46(42(49)58)23-8-25-54(46)40(56)37(28(3)4)51-44(60)62-6/h9-21,26-28,36-37H,7-8,22-25H2,1-6H3,(H2,48,57)(H2,49,58)(H,50,59)(H,51,60)/t36-,37-,45-,46-/m0/s1. The van der Waals surface area contributed by atoms with Crippen molar-refractivity contribution >= 4 is 35.8 Å². The highest BCUT2D eigenvalue weighted by atomic mass is 19.1. The number of nitrogens with zero attached hydrogens (tertiary/aromatic N) is 3. The molecule has 3 heterocycles. The van der Waals surface area contributed by atoms with Crippen LogP contribution in [0.1, 0.15) is 64.5 Å². The third-order valence-electron chi connectivity index (χ3n) is 12.2. The molecule has 2 saturated heterocycles. The second-order valence-electron chi connectivity index (χ2n) is 16.4. The third-order valence-corrected chi connectivity index (χ3v) is 12.2. The average molecular weight is 852 g/mol. The number of aromatic nitrogens is 1. The van der Waals surface area contributed by atoms with Crippen LogP contribution in [0.25, 0.3) is 28.1 Å². The summed E-state index contributed by atoms with van der Waals surface area (Å²) in [7, 11) is 2.42. The van der Waals surface area contributed by atoms with E-state index in [1.165, 1.54) is 36.2 Å². The van der Waals surface area contributed by atoms with Gasteiger partial charge in [0.05, 0.1) is 19.9 Å². The molecule has 0 bridgehead atoms. The van der Waals surface area contributed by atoms with Crippen LogP contribution >= 0.6 is 0 Å². The van der Waals surface area contributed by atoms with Gasteiger partial charge in [-0.2, -0.15) is 0 Å². The number of nitrogens with one attached hydrogen (secondary N) is 2. The van der Waals surface area contributed by atoms with Gasteiger partial charge in [-0.3, -0.25) is 19.2 Å². The van der Waals surface area contributed by atoms with Gasteiger partial charge in [0.15, 0.2) is 0 Å². The molecular formula is C46H54FN7O8. The summed E-state index contributed by atoms with van der Waals surface area (Å²) < 4.78 is 25.6. The maximum atomic E-state index is 14.2. The first kappa shape index (κ1) is 44.8. The van der Waals surface area contributed by atoms with Gasteiger partial charge in [-0.25, -0.2) is 14.0 Å². The Bertz CT molecular complexity index is 2330. The second-order valence-corrected chi connectivity index (χ2v) is 16.4. The van der Waals surface area contributed by atoms with Crippen LogP contribution in [0.3, 0.4) is 0 Å². The van der Waals surface area contributed by atoms with Crippen LogP contribution in [0.5, 0.6) is 0 Å². The Kier molecular flexibility index (Phi) is 13.1. The molecule has 16 heteroatoms. The van der Waals surface area contributed by atoms with Crippen molar-refractivity contribution < 1.29 is 42.6 Å². The highest BCUT2D eigenvalue weighted by Crippen LogP contribution is 2.44. The van der Waals surface area contributed by atoms with Gasteiger partial charge in [0.2, 0.25) is 23.6 Å². The molecule has 0 saturated carbocycles. The molecule has 6 rings (SSSR count). The Labute approximate surface area is 359 Å². The number of alkyl carbamates (subject to hydrolysis) is 2. The molecule has 328 valence electrons. The van der Waals surface area contributed by atoms with E-state index in [1.807, 2.05) is 41.1 Å². The van der Waals surface area contributed by atoms with Gasteiger partial charge in [-0.1, -0.05) is 76.2 Å². The molecule has 6 amide bonds. The number of carbonyl (C=O) groups excluding carboxylic acids is 6. The number of ether oxygens (including phenoxy) is 2. The molecular weight excluding hydrogens is 798 g/mol. The third kappa shape index (κ3) is 8.08. The molecule has 0 radical (unpaired) electrons. The van der Waals surface area contributed by atoms with Gasteiger partial charge in [-0.05, 0) is 90.1 Å². The van der Waals surface area contributed by atoms with Gasteiger partial charge < -0.3 is 45.9 Å². The fraction of sp³-hybridized carbons (Fsp3) is 0.391. The normalized spacial score (nSPS) is 19.6. The number of rotatable bonds is 13. The van der Waals surface area contributed by atoms with Gasteiger partial charge in [0, 0.05) is 30.5 Å². The minimum absolute atomic E-state index is 0.245. The molecule has 0 aliphatic carbocycles. The molecule has 2 aliphatic rings. The van der Waals surface area contributed by atoms with Crippen LogP contribution in [0, 0.1) is 17.7 Å². The number of amides is 6. The van der Waals surface area contributed by atoms with Crippen molar-refractivity contribution in [2.75, 3.05) is 27.3 Å². The van der Waals surface area contributed by atoms with E-state index >= 15 is 0 Å². The number of carbonyl (C=O) groups is 6. The van der Waals surface area contributed by atoms with Crippen molar-refractivity contribution in [3.63, 3.8) is 0 Å². The summed E-state index contributed by atoms with van der Waals surface area (Å²) in [4.78, 5) is 82.4. The number of hydrogen-bond acceptors (Lipinski definition) is 8. The number of hydrogen-bond donors (Lipinski definition) is 4. The number of primary amides is 2. The molecule has 0 unspecified atom stereocenters. The van der Waals surface area contributed by atoms with Crippen molar-refractivity contribution in [3.05, 3.63) is 102 Å². The predicted molar refractivity (Wildman–Crippen MR) is 229 cm³/mol. The van der Waals surface area contributed by atoms with Crippen LogP contribution in [0.2, 0.25) is 0 Å². The number of halogens is 1. The lowest BCUT2D eigenvalue weighted by Crippen LogP contribution is -2.59. The lowest BCUT2D eigenvalue weighted by Gasteiger charge is -2.39. The summed E-state index contributed by atoms with van der Waals surface area (Å²) >= 11 is 0. The van der Waals surface area contributed by atoms with E-state index in [2.05, 4.69) is 10.6 Å². The topological polar surface area (TPSA) is 208 Å². The number of nitrogens with two attached hydrogens (primary N) is 2. The van der Waals surface area contributed by atoms with Crippen LogP contribution in [0.4, 0.5) is 14.0 Å². The lowest BCUT2D eigenvalue weighted by atomic mass is 9.84. The van der Waals surface area contributed by atoms with Crippen molar-refractivity contribution in [2.24, 2.45) is 23.3 Å². The van der Waals surface area contributed by atoms with E-state index in [-0.39, 0.29) is 37.8 Å². The van der Waals surface area contributed by atoms with Crippen LogP contribution in [0.15, 0.2) is 85.1 Å². The summed E-state index contributed by atoms with van der Waals surface area (Å²) in [5.41, 5.74) is 13.9. The lowest BCUT2D eigenvalue weighted by molar-refractivity contribution is -0.146. The van der Waals surface area contributed by atoms with E-state index in [4.69, 9.17) is 20.9 Å². The van der Waals surface area contributed by atoms with Crippen molar-refractivity contribution in [2.45, 2.75) is 76.5 Å². The fourth-order valence-corrected chi connectivity index (χ4v) is 8.97.